The third-order valence-electron chi connectivity index (χ3n) is 2.97. The molecule has 100 valence electrons. The van der Waals surface area contributed by atoms with Gasteiger partial charge in [-0.3, -0.25) is 4.79 Å². The Morgan fingerprint density at radius 3 is 2.33 bits per heavy atom. The molecule has 0 spiro atoms. The Balaban J connectivity index is 1.77. The molecule has 0 bridgehead atoms. The maximum absolute atomic E-state index is 12.2. The SMILES string of the molecule is O=C(c1[c]cccc1)c1c[c]c(Oc2ccccc2)cc1. The van der Waals surface area contributed by atoms with Crippen LogP contribution in [0.15, 0.2) is 72.8 Å². The first-order valence-corrected chi connectivity index (χ1v) is 6.59. The van der Waals surface area contributed by atoms with Crippen LogP contribution in [0.1, 0.15) is 15.9 Å². The van der Waals surface area contributed by atoms with Gasteiger partial charge in [-0.15, -0.1) is 0 Å². The largest absolute Gasteiger partial charge is 0.457 e. The number of ketones is 1. The van der Waals surface area contributed by atoms with E-state index < -0.39 is 0 Å². The lowest BCUT2D eigenvalue weighted by atomic mass is 10.0. The Labute approximate surface area is 123 Å². The Hall–Kier alpha value is -2.87. The molecule has 2 heteroatoms. The van der Waals surface area contributed by atoms with Crippen LogP contribution in [0.5, 0.6) is 11.5 Å². The average molecular weight is 272 g/mol. The van der Waals surface area contributed by atoms with Crippen LogP contribution in [0.3, 0.4) is 0 Å². The van der Waals surface area contributed by atoms with Crippen molar-refractivity contribution in [2.75, 3.05) is 0 Å². The van der Waals surface area contributed by atoms with E-state index in [1.54, 1.807) is 30.3 Å². The van der Waals surface area contributed by atoms with Gasteiger partial charge in [-0.1, -0.05) is 42.5 Å². The van der Waals surface area contributed by atoms with Gasteiger partial charge in [0.2, 0.25) is 0 Å². The molecule has 0 fully saturated rings. The van der Waals surface area contributed by atoms with Gasteiger partial charge in [0.25, 0.3) is 0 Å². The highest BCUT2D eigenvalue weighted by Crippen LogP contribution is 2.21. The standard InChI is InChI=1S/C19H12O2/c20-19(15-7-3-1-4-8-15)16-11-13-18(14-12-16)21-17-9-5-2-6-10-17/h1-7,9-13H. The molecule has 2 nitrogen and oxygen atoms in total. The van der Waals surface area contributed by atoms with Gasteiger partial charge in [0.1, 0.15) is 11.5 Å². The summed E-state index contributed by atoms with van der Waals surface area (Å²) >= 11 is 0. The van der Waals surface area contributed by atoms with E-state index in [1.807, 2.05) is 42.5 Å². The molecule has 0 aliphatic heterocycles. The summed E-state index contributed by atoms with van der Waals surface area (Å²) in [6, 6.07) is 27.6. The number of hydrogen-bond donors (Lipinski definition) is 0. The highest BCUT2D eigenvalue weighted by molar-refractivity contribution is 6.08. The summed E-state index contributed by atoms with van der Waals surface area (Å²) in [5.41, 5.74) is 1.11. The molecule has 0 atom stereocenters. The van der Waals surface area contributed by atoms with Crippen LogP contribution in [-0.2, 0) is 0 Å². The van der Waals surface area contributed by atoms with E-state index in [0.29, 0.717) is 16.9 Å². The number of para-hydroxylation sites is 1. The molecule has 0 amide bonds. The Bertz CT molecular complexity index is 717. The van der Waals surface area contributed by atoms with E-state index in [0.717, 1.165) is 5.75 Å². The fourth-order valence-electron chi connectivity index (χ4n) is 1.92. The lowest BCUT2D eigenvalue weighted by molar-refractivity contribution is 0.103. The first-order chi connectivity index (χ1) is 10.3. The Kier molecular flexibility index (Phi) is 3.79. The molecular formula is C19H12O2. The van der Waals surface area contributed by atoms with Crippen LogP contribution < -0.4 is 4.74 Å². The quantitative estimate of drug-likeness (QED) is 0.661. The number of ether oxygens (including phenoxy) is 1. The minimum absolute atomic E-state index is 0.0712. The van der Waals surface area contributed by atoms with Crippen LogP contribution in [-0.4, -0.2) is 5.78 Å². The topological polar surface area (TPSA) is 26.3 Å². The maximum atomic E-state index is 12.2. The van der Waals surface area contributed by atoms with Gasteiger partial charge in [-0.2, -0.15) is 0 Å². The van der Waals surface area contributed by atoms with Crippen LogP contribution in [0.4, 0.5) is 0 Å². The first kappa shape index (κ1) is 13.1. The third-order valence-corrected chi connectivity index (χ3v) is 2.97. The summed E-state index contributed by atoms with van der Waals surface area (Å²) in [7, 11) is 0. The normalized spacial score (nSPS) is 10.1. The molecule has 2 radical (unpaired) electrons. The predicted octanol–water partition coefficient (Wildman–Crippen LogP) is 4.31. The molecule has 3 rings (SSSR count). The molecule has 0 aromatic heterocycles. The van der Waals surface area contributed by atoms with Crippen molar-refractivity contribution < 1.29 is 9.53 Å². The lowest BCUT2D eigenvalue weighted by Gasteiger charge is -2.06. The van der Waals surface area contributed by atoms with Crippen LogP contribution in [0, 0.1) is 12.1 Å². The first-order valence-electron chi connectivity index (χ1n) is 6.59. The molecule has 0 saturated carbocycles. The maximum Gasteiger partial charge on any atom is 0.193 e. The van der Waals surface area contributed by atoms with E-state index in [9.17, 15) is 4.79 Å². The zero-order valence-electron chi connectivity index (χ0n) is 11.2. The zero-order valence-corrected chi connectivity index (χ0v) is 11.2. The molecule has 0 N–H and O–H groups in total. The van der Waals surface area contributed by atoms with Crippen molar-refractivity contribution in [3.8, 4) is 11.5 Å². The molecular weight excluding hydrogens is 260 g/mol. The lowest BCUT2D eigenvalue weighted by Crippen LogP contribution is -2.00. The fourth-order valence-corrected chi connectivity index (χ4v) is 1.92. The van der Waals surface area contributed by atoms with Crippen molar-refractivity contribution in [2.45, 2.75) is 0 Å². The minimum atomic E-state index is -0.0712. The summed E-state index contributed by atoms with van der Waals surface area (Å²) in [6.45, 7) is 0. The van der Waals surface area contributed by atoms with Gasteiger partial charge in [0, 0.05) is 17.2 Å². The number of carbonyl (C=O) groups excluding carboxylic acids is 1. The highest BCUT2D eigenvalue weighted by atomic mass is 16.5. The molecule has 0 aliphatic carbocycles. The van der Waals surface area contributed by atoms with Crippen molar-refractivity contribution in [1.29, 1.82) is 0 Å². The van der Waals surface area contributed by atoms with E-state index in [-0.39, 0.29) is 5.78 Å². The van der Waals surface area contributed by atoms with E-state index >= 15 is 0 Å². The molecule has 0 aliphatic rings. The van der Waals surface area contributed by atoms with Crippen LogP contribution in [0.2, 0.25) is 0 Å². The summed E-state index contributed by atoms with van der Waals surface area (Å²) in [5, 5.41) is 0. The van der Waals surface area contributed by atoms with Crippen molar-refractivity contribution in [2.24, 2.45) is 0 Å². The number of carbonyl (C=O) groups is 1. The highest BCUT2D eigenvalue weighted by Gasteiger charge is 2.08. The van der Waals surface area contributed by atoms with Crippen molar-refractivity contribution in [3.05, 3.63) is 96.1 Å². The Morgan fingerprint density at radius 1 is 0.857 bits per heavy atom. The van der Waals surface area contributed by atoms with Crippen LogP contribution >= 0.6 is 0 Å². The summed E-state index contributed by atoms with van der Waals surface area (Å²) < 4.78 is 5.64. The second-order valence-electron chi connectivity index (χ2n) is 4.46. The molecule has 0 unspecified atom stereocenters. The molecule has 3 aromatic carbocycles. The van der Waals surface area contributed by atoms with E-state index in [1.165, 1.54) is 0 Å². The monoisotopic (exact) mass is 272 g/mol. The number of hydrogen-bond acceptors (Lipinski definition) is 2. The van der Waals surface area contributed by atoms with Gasteiger partial charge in [-0.05, 0) is 36.4 Å². The van der Waals surface area contributed by atoms with Gasteiger partial charge in [0.05, 0.1) is 0 Å². The van der Waals surface area contributed by atoms with Crippen molar-refractivity contribution in [1.82, 2.24) is 0 Å². The molecule has 21 heavy (non-hydrogen) atoms. The fraction of sp³-hybridized carbons (Fsp3) is 0. The number of rotatable bonds is 4. The second kappa shape index (κ2) is 6.06. The zero-order chi connectivity index (χ0) is 14.5. The van der Waals surface area contributed by atoms with Crippen molar-refractivity contribution >= 4 is 5.78 Å². The molecule has 0 saturated heterocycles. The van der Waals surface area contributed by atoms with E-state index in [2.05, 4.69) is 12.1 Å². The average Bonchev–Trinajstić information content (AvgIpc) is 2.57. The summed E-state index contributed by atoms with van der Waals surface area (Å²) in [4.78, 5) is 12.2. The van der Waals surface area contributed by atoms with Gasteiger partial charge in [-0.25, -0.2) is 0 Å². The summed E-state index contributed by atoms with van der Waals surface area (Å²) in [5.74, 6) is 1.25. The molecule has 3 aromatic rings. The second-order valence-corrected chi connectivity index (χ2v) is 4.46. The van der Waals surface area contributed by atoms with Crippen molar-refractivity contribution in [3.63, 3.8) is 0 Å². The van der Waals surface area contributed by atoms with Gasteiger partial charge in [0.15, 0.2) is 5.78 Å². The smallest absolute Gasteiger partial charge is 0.193 e. The summed E-state index contributed by atoms with van der Waals surface area (Å²) in [6.07, 6.45) is 0. The predicted molar refractivity (Wildman–Crippen MR) is 80.5 cm³/mol. The minimum Gasteiger partial charge on any atom is -0.457 e. The molecule has 0 heterocycles. The van der Waals surface area contributed by atoms with E-state index in [4.69, 9.17) is 4.74 Å². The van der Waals surface area contributed by atoms with Gasteiger partial charge >= 0.3 is 0 Å². The van der Waals surface area contributed by atoms with Gasteiger partial charge < -0.3 is 4.74 Å². The number of benzene rings is 3. The van der Waals surface area contributed by atoms with Crippen LogP contribution in [0.25, 0.3) is 0 Å². The third kappa shape index (κ3) is 3.18. The Morgan fingerprint density at radius 2 is 1.67 bits per heavy atom.